The van der Waals surface area contributed by atoms with Crippen molar-refractivity contribution in [3.05, 3.63) is 83.9 Å². The molecule has 0 aromatic heterocycles. The Morgan fingerprint density at radius 1 is 0.923 bits per heavy atom. The average molecular weight is 370 g/mol. The molecule has 0 radical (unpaired) electrons. The van der Waals surface area contributed by atoms with Crippen molar-refractivity contribution in [2.45, 2.75) is 25.8 Å². The maximum Gasteiger partial charge on any atom is 0.237 e. The van der Waals surface area contributed by atoms with Crippen molar-refractivity contribution < 1.29 is 9.59 Å². The molecule has 0 atom stereocenters. The van der Waals surface area contributed by atoms with Crippen molar-refractivity contribution in [3.63, 3.8) is 0 Å². The van der Waals surface area contributed by atoms with Crippen LogP contribution in [0, 0.1) is 0 Å². The largest absolute Gasteiger partial charge is 0.337 e. The molecule has 0 N–H and O–H groups in total. The first-order valence-electron chi connectivity index (χ1n) is 8.80. The molecule has 0 aliphatic rings. The molecule has 0 saturated heterocycles. The van der Waals surface area contributed by atoms with Crippen LogP contribution in [0.25, 0.3) is 0 Å². The van der Waals surface area contributed by atoms with Crippen molar-refractivity contribution in [1.29, 1.82) is 0 Å². The molecule has 3 nitrogen and oxygen atoms in total. The molecular weight excluding hydrogens is 346 g/mol. The Hall–Kier alpha value is -2.39. The number of halogens is 1. The Morgan fingerprint density at radius 3 is 2.15 bits per heavy atom. The van der Waals surface area contributed by atoms with Gasteiger partial charge in [0.25, 0.3) is 0 Å². The Kier molecular flexibility index (Phi) is 8.64. The number of carbonyl (C=O) groups excluding carboxylic acids is 2. The molecule has 4 heteroatoms. The summed E-state index contributed by atoms with van der Waals surface area (Å²) in [6.07, 6.45) is 5.33. The van der Waals surface area contributed by atoms with Gasteiger partial charge in [-0.25, -0.2) is 0 Å². The molecule has 0 spiro atoms. The van der Waals surface area contributed by atoms with Gasteiger partial charge in [-0.3, -0.25) is 9.59 Å². The van der Waals surface area contributed by atoms with E-state index in [0.29, 0.717) is 25.9 Å². The van der Waals surface area contributed by atoms with E-state index >= 15 is 0 Å². The summed E-state index contributed by atoms with van der Waals surface area (Å²) < 4.78 is 0. The number of nitrogens with zero attached hydrogens (tertiary/aromatic N) is 1. The molecular formula is C22H24ClNO2. The lowest BCUT2D eigenvalue weighted by atomic mass is 10.1. The quantitative estimate of drug-likeness (QED) is 0.459. The maximum absolute atomic E-state index is 12.0. The summed E-state index contributed by atoms with van der Waals surface area (Å²) in [6, 6.07) is 19.8. The predicted molar refractivity (Wildman–Crippen MR) is 106 cm³/mol. The van der Waals surface area contributed by atoms with Crippen LogP contribution in [0.15, 0.2) is 72.8 Å². The SMILES string of the molecule is O=C(/C=C/CCN(Cc1ccccc1)C(=O)CCl)CCc1ccccc1. The minimum Gasteiger partial charge on any atom is -0.337 e. The third-order valence-electron chi connectivity index (χ3n) is 4.06. The van der Waals surface area contributed by atoms with Crippen molar-refractivity contribution in [1.82, 2.24) is 4.90 Å². The third-order valence-corrected chi connectivity index (χ3v) is 4.28. The number of hydrogen-bond donors (Lipinski definition) is 0. The number of alkyl halides is 1. The predicted octanol–water partition coefficient (Wildman–Crippen LogP) is 4.40. The highest BCUT2D eigenvalue weighted by molar-refractivity contribution is 6.27. The minimum atomic E-state index is -0.0978. The highest BCUT2D eigenvalue weighted by Gasteiger charge is 2.11. The molecule has 136 valence electrons. The van der Waals surface area contributed by atoms with Gasteiger partial charge in [0.15, 0.2) is 5.78 Å². The molecule has 1 amide bonds. The molecule has 0 bridgehead atoms. The van der Waals surface area contributed by atoms with Crippen molar-refractivity contribution >= 4 is 23.3 Å². The number of amides is 1. The van der Waals surface area contributed by atoms with Gasteiger partial charge < -0.3 is 4.90 Å². The number of aryl methyl sites for hydroxylation is 1. The molecule has 26 heavy (non-hydrogen) atoms. The first kappa shape index (κ1) is 19.9. The van der Waals surface area contributed by atoms with Crippen molar-refractivity contribution in [2.75, 3.05) is 12.4 Å². The lowest BCUT2D eigenvalue weighted by molar-refractivity contribution is -0.129. The maximum atomic E-state index is 12.0. The molecule has 2 aromatic carbocycles. The van der Waals surface area contributed by atoms with E-state index in [-0.39, 0.29) is 17.6 Å². The van der Waals surface area contributed by atoms with Crippen molar-refractivity contribution in [2.24, 2.45) is 0 Å². The molecule has 0 saturated carbocycles. The standard InChI is InChI=1S/C22H24ClNO2/c23-17-22(26)24(18-20-11-5-2-6-12-20)16-8-7-13-21(25)15-14-19-9-3-1-4-10-19/h1-7,9-13H,8,14-18H2/b13-7+. The van der Waals surface area contributed by atoms with Crippen LogP contribution < -0.4 is 0 Å². The number of allylic oxidation sites excluding steroid dienone is 1. The van der Waals surface area contributed by atoms with Crippen molar-refractivity contribution in [3.8, 4) is 0 Å². The van der Waals surface area contributed by atoms with Gasteiger partial charge in [0.2, 0.25) is 5.91 Å². The highest BCUT2D eigenvalue weighted by atomic mass is 35.5. The van der Waals surface area contributed by atoms with Gasteiger partial charge >= 0.3 is 0 Å². The van der Waals surface area contributed by atoms with Crippen LogP contribution >= 0.6 is 11.6 Å². The number of rotatable bonds is 10. The topological polar surface area (TPSA) is 37.4 Å². The summed E-state index contributed by atoms with van der Waals surface area (Å²) in [5.41, 5.74) is 2.23. The van der Waals surface area contributed by atoms with E-state index in [2.05, 4.69) is 0 Å². The average Bonchev–Trinajstić information content (AvgIpc) is 2.69. The van der Waals surface area contributed by atoms with Crippen LogP contribution in [0.1, 0.15) is 24.0 Å². The van der Waals surface area contributed by atoms with Crippen LogP contribution in [0.3, 0.4) is 0 Å². The zero-order chi connectivity index (χ0) is 18.6. The molecule has 0 unspecified atom stereocenters. The second kappa shape index (κ2) is 11.3. The zero-order valence-corrected chi connectivity index (χ0v) is 15.6. The van der Waals surface area contributed by atoms with E-state index in [4.69, 9.17) is 11.6 Å². The molecule has 2 rings (SSSR count). The third kappa shape index (κ3) is 7.24. The monoisotopic (exact) mass is 369 g/mol. The van der Waals surface area contributed by atoms with Gasteiger partial charge in [-0.2, -0.15) is 0 Å². The second-order valence-electron chi connectivity index (χ2n) is 6.08. The Morgan fingerprint density at radius 2 is 1.54 bits per heavy atom. The van der Waals surface area contributed by atoms with Crippen LogP contribution in [-0.2, 0) is 22.6 Å². The van der Waals surface area contributed by atoms with Crippen LogP contribution in [-0.4, -0.2) is 29.0 Å². The molecule has 2 aromatic rings. The summed E-state index contributed by atoms with van der Waals surface area (Å²) in [5.74, 6) is -0.0292. The van der Waals surface area contributed by atoms with E-state index in [1.165, 1.54) is 0 Å². The highest BCUT2D eigenvalue weighted by Crippen LogP contribution is 2.07. The lowest BCUT2D eigenvalue weighted by Gasteiger charge is -2.21. The molecule has 0 fully saturated rings. The summed E-state index contributed by atoms with van der Waals surface area (Å²) in [4.78, 5) is 25.7. The molecule has 0 aliphatic heterocycles. The smallest absolute Gasteiger partial charge is 0.237 e. The van der Waals surface area contributed by atoms with E-state index in [1.807, 2.05) is 66.7 Å². The Labute approximate surface area is 160 Å². The van der Waals surface area contributed by atoms with Gasteiger partial charge in [0.05, 0.1) is 0 Å². The van der Waals surface area contributed by atoms with Crippen LogP contribution in [0.5, 0.6) is 0 Å². The first-order chi connectivity index (χ1) is 12.7. The van der Waals surface area contributed by atoms with E-state index < -0.39 is 0 Å². The molecule has 0 aliphatic carbocycles. The summed E-state index contributed by atoms with van der Waals surface area (Å²) in [5, 5.41) is 0. The fourth-order valence-electron chi connectivity index (χ4n) is 2.62. The normalized spacial score (nSPS) is 10.8. The van der Waals surface area contributed by atoms with E-state index in [0.717, 1.165) is 17.5 Å². The van der Waals surface area contributed by atoms with Gasteiger partial charge in [-0.15, -0.1) is 11.6 Å². The summed E-state index contributed by atoms with van der Waals surface area (Å²) >= 11 is 5.71. The van der Waals surface area contributed by atoms with Crippen LogP contribution in [0.2, 0.25) is 0 Å². The number of benzene rings is 2. The van der Waals surface area contributed by atoms with Gasteiger partial charge in [-0.05, 0) is 30.0 Å². The van der Waals surface area contributed by atoms with E-state index in [9.17, 15) is 9.59 Å². The fourth-order valence-corrected chi connectivity index (χ4v) is 2.79. The minimum absolute atomic E-state index is 0.0352. The summed E-state index contributed by atoms with van der Waals surface area (Å²) in [7, 11) is 0. The van der Waals surface area contributed by atoms with Gasteiger partial charge in [0, 0.05) is 19.5 Å². The number of carbonyl (C=O) groups is 2. The molecule has 0 heterocycles. The number of hydrogen-bond acceptors (Lipinski definition) is 2. The second-order valence-corrected chi connectivity index (χ2v) is 6.34. The van der Waals surface area contributed by atoms with E-state index in [1.54, 1.807) is 11.0 Å². The lowest BCUT2D eigenvalue weighted by Crippen LogP contribution is -2.32. The Bertz CT molecular complexity index is 713. The fraction of sp³-hybridized carbons (Fsp3) is 0.273. The van der Waals surface area contributed by atoms with Gasteiger partial charge in [-0.1, -0.05) is 66.7 Å². The first-order valence-corrected chi connectivity index (χ1v) is 9.33. The van der Waals surface area contributed by atoms with Crippen LogP contribution in [0.4, 0.5) is 0 Å². The summed E-state index contributed by atoms with van der Waals surface area (Å²) in [6.45, 7) is 1.07. The Balaban J connectivity index is 1.77. The van der Waals surface area contributed by atoms with Gasteiger partial charge in [0.1, 0.15) is 5.88 Å². The zero-order valence-electron chi connectivity index (χ0n) is 14.8. The number of ketones is 1.